The third-order valence-electron chi connectivity index (χ3n) is 10.5. The summed E-state index contributed by atoms with van der Waals surface area (Å²) < 4.78 is 4.02. The predicted octanol–water partition coefficient (Wildman–Crippen LogP) is 8.25. The normalized spacial score (nSPS) is 16.8. The molecule has 1 fully saturated rings. The molecule has 1 aliphatic carbocycles. The van der Waals surface area contributed by atoms with E-state index in [-0.39, 0.29) is 11.8 Å². The number of nitrogens with zero attached hydrogens (tertiary/aromatic N) is 8. The van der Waals surface area contributed by atoms with Crippen molar-refractivity contribution < 1.29 is 9.59 Å². The zero-order chi connectivity index (χ0) is 36.5. The summed E-state index contributed by atoms with van der Waals surface area (Å²) in [7, 11) is 0. The van der Waals surface area contributed by atoms with E-state index < -0.39 is 10.8 Å². The molecule has 0 radical (unpaired) electrons. The largest absolute Gasteiger partial charge is 0.306 e. The summed E-state index contributed by atoms with van der Waals surface area (Å²) in [5, 5.41) is 0. The van der Waals surface area contributed by atoms with E-state index >= 15 is 0 Å². The Hall–Kier alpha value is -5.90. The van der Waals surface area contributed by atoms with Crippen LogP contribution in [0.15, 0.2) is 98.1 Å². The average molecular weight is 691 g/mol. The molecular formula is C42H42N8O2. The van der Waals surface area contributed by atoms with Crippen LogP contribution in [0.1, 0.15) is 80.4 Å². The van der Waals surface area contributed by atoms with Crippen molar-refractivity contribution in [3.8, 4) is 11.4 Å². The number of carbonyl (C=O) groups excluding carboxylic acids is 2. The van der Waals surface area contributed by atoms with Gasteiger partial charge in [-0.15, -0.1) is 0 Å². The number of imidazole rings is 2. The molecule has 0 atom stereocenters. The first kappa shape index (κ1) is 33.3. The van der Waals surface area contributed by atoms with E-state index in [1.807, 2.05) is 113 Å². The van der Waals surface area contributed by atoms with Gasteiger partial charge in [-0.05, 0) is 121 Å². The Morgan fingerprint density at radius 2 is 1.15 bits per heavy atom. The number of aryl methyl sites for hydroxylation is 3. The van der Waals surface area contributed by atoms with Crippen molar-refractivity contribution in [3.63, 3.8) is 0 Å². The Kier molecular flexibility index (Phi) is 7.75. The van der Waals surface area contributed by atoms with E-state index in [1.165, 1.54) is 12.8 Å². The van der Waals surface area contributed by atoms with Crippen LogP contribution in [-0.2, 0) is 20.4 Å². The minimum Gasteiger partial charge on any atom is -0.306 e. The molecule has 0 N–H and O–H groups in total. The lowest BCUT2D eigenvalue weighted by atomic mass is 9.86. The molecule has 1 saturated carbocycles. The van der Waals surface area contributed by atoms with E-state index in [1.54, 1.807) is 23.6 Å². The van der Waals surface area contributed by atoms with Crippen molar-refractivity contribution in [2.24, 2.45) is 0 Å². The van der Waals surface area contributed by atoms with Crippen LogP contribution in [0, 0.1) is 20.8 Å². The second kappa shape index (κ2) is 12.1. The van der Waals surface area contributed by atoms with E-state index in [9.17, 15) is 9.59 Å². The fourth-order valence-corrected chi connectivity index (χ4v) is 7.20. The van der Waals surface area contributed by atoms with Gasteiger partial charge in [0.15, 0.2) is 0 Å². The van der Waals surface area contributed by atoms with Crippen LogP contribution >= 0.6 is 0 Å². The highest BCUT2D eigenvalue weighted by atomic mass is 16.2. The molecular weight excluding hydrogens is 649 g/mol. The minimum absolute atomic E-state index is 0.0621. The van der Waals surface area contributed by atoms with Crippen molar-refractivity contribution >= 4 is 34.6 Å². The van der Waals surface area contributed by atoms with Crippen LogP contribution < -0.4 is 9.80 Å². The van der Waals surface area contributed by atoms with E-state index in [4.69, 9.17) is 0 Å². The van der Waals surface area contributed by atoms with Crippen molar-refractivity contribution in [3.05, 3.63) is 132 Å². The maximum absolute atomic E-state index is 13.2. The zero-order valence-corrected chi connectivity index (χ0v) is 30.6. The second-order valence-corrected chi connectivity index (χ2v) is 15.1. The van der Waals surface area contributed by atoms with Gasteiger partial charge in [-0.3, -0.25) is 29.4 Å². The van der Waals surface area contributed by atoms with Crippen molar-refractivity contribution in [1.29, 1.82) is 0 Å². The Labute approximate surface area is 303 Å². The molecule has 52 heavy (non-hydrogen) atoms. The third-order valence-corrected chi connectivity index (χ3v) is 10.5. The Morgan fingerprint density at radius 3 is 1.69 bits per heavy atom. The summed E-state index contributed by atoms with van der Waals surface area (Å²) in [6.07, 6.45) is 13.7. The number of amides is 2. The molecule has 2 aliphatic heterocycles. The molecule has 6 heterocycles. The lowest BCUT2D eigenvalue weighted by Gasteiger charge is -2.20. The van der Waals surface area contributed by atoms with Gasteiger partial charge in [0.05, 0.1) is 63.8 Å². The average Bonchev–Trinajstić information content (AvgIpc) is 3.52. The summed E-state index contributed by atoms with van der Waals surface area (Å²) in [5.41, 5.74) is 10.4. The standard InChI is InChI=1S/C22H22N4O.C20H20N4O/c1-14-10-17(8-9-23-14)26-20-11-16(6-7-18(20)22(2,3)21(26)27)25-12-19(24-13-25)15-4-5-15;1-13-5-6-16(10-21-13)24-18-9-15(23-11-14(2)22-12-23)7-8-17(18)20(3,4)19(24)25/h6-13,15H,4-5H2,1-3H3;5-12H,1-4H3. The second-order valence-electron chi connectivity index (χ2n) is 15.1. The molecule has 2 aromatic carbocycles. The molecule has 0 unspecified atom stereocenters. The number of carbonyl (C=O) groups is 2. The van der Waals surface area contributed by atoms with Gasteiger partial charge in [-0.1, -0.05) is 12.1 Å². The molecule has 10 nitrogen and oxygen atoms in total. The Bertz CT molecular complexity index is 2360. The summed E-state index contributed by atoms with van der Waals surface area (Å²) in [6.45, 7) is 13.8. The molecule has 0 saturated heterocycles. The van der Waals surface area contributed by atoms with Crippen LogP contribution in [0.2, 0.25) is 0 Å². The van der Waals surface area contributed by atoms with Crippen molar-refractivity contribution in [2.75, 3.05) is 9.80 Å². The van der Waals surface area contributed by atoms with Gasteiger partial charge in [0.25, 0.3) is 0 Å². The quantitative estimate of drug-likeness (QED) is 0.181. The van der Waals surface area contributed by atoms with Gasteiger partial charge in [-0.25, -0.2) is 9.97 Å². The highest BCUT2D eigenvalue weighted by Gasteiger charge is 2.46. The summed E-state index contributed by atoms with van der Waals surface area (Å²) in [6, 6.07) is 20.1. The number of anilines is 4. The van der Waals surface area contributed by atoms with Crippen LogP contribution in [0.4, 0.5) is 22.7 Å². The number of fused-ring (bicyclic) bond motifs is 2. The van der Waals surface area contributed by atoms with Gasteiger partial charge >= 0.3 is 0 Å². The summed E-state index contributed by atoms with van der Waals surface area (Å²) >= 11 is 0. The fraction of sp³-hybridized carbons (Fsp3) is 0.286. The Morgan fingerprint density at radius 1 is 0.577 bits per heavy atom. The van der Waals surface area contributed by atoms with Crippen molar-refractivity contribution in [2.45, 2.75) is 78.1 Å². The first-order valence-electron chi connectivity index (χ1n) is 17.7. The molecule has 0 spiro atoms. The van der Waals surface area contributed by atoms with Gasteiger partial charge < -0.3 is 9.13 Å². The predicted molar refractivity (Wildman–Crippen MR) is 202 cm³/mol. The molecule has 10 heteroatoms. The SMILES string of the molecule is Cc1cc(N2C(=O)C(C)(C)c3ccc(-n4cnc(C5CC5)c4)cc32)ccn1.Cc1ccc(N2C(=O)C(C)(C)c3ccc(-n4cnc(C)c4)cc32)cn1. The van der Waals surface area contributed by atoms with E-state index in [0.29, 0.717) is 5.92 Å². The molecule has 9 rings (SSSR count). The van der Waals surface area contributed by atoms with Gasteiger partial charge in [-0.2, -0.15) is 0 Å². The first-order chi connectivity index (χ1) is 24.8. The number of hydrogen-bond donors (Lipinski definition) is 0. The van der Waals surface area contributed by atoms with Crippen LogP contribution in [0.5, 0.6) is 0 Å². The zero-order valence-electron chi connectivity index (χ0n) is 30.6. The van der Waals surface area contributed by atoms with Crippen LogP contribution in [0.3, 0.4) is 0 Å². The smallest absolute Gasteiger partial charge is 0.241 e. The molecule has 3 aliphatic rings. The maximum atomic E-state index is 13.2. The minimum atomic E-state index is -0.566. The first-order valence-corrected chi connectivity index (χ1v) is 17.7. The summed E-state index contributed by atoms with van der Waals surface area (Å²) in [5.74, 6) is 0.772. The molecule has 6 aromatic rings. The molecule has 4 aromatic heterocycles. The maximum Gasteiger partial charge on any atom is 0.241 e. The lowest BCUT2D eigenvalue weighted by Crippen LogP contribution is -2.33. The lowest BCUT2D eigenvalue weighted by molar-refractivity contribution is -0.122. The highest BCUT2D eigenvalue weighted by Crippen LogP contribution is 2.47. The summed E-state index contributed by atoms with van der Waals surface area (Å²) in [4.78, 5) is 47.4. The number of rotatable bonds is 5. The highest BCUT2D eigenvalue weighted by molar-refractivity contribution is 6.13. The van der Waals surface area contributed by atoms with Gasteiger partial charge in [0, 0.05) is 47.3 Å². The molecule has 2 amide bonds. The van der Waals surface area contributed by atoms with Crippen LogP contribution in [-0.4, -0.2) is 40.9 Å². The monoisotopic (exact) mass is 690 g/mol. The number of hydrogen-bond acceptors (Lipinski definition) is 6. The fourth-order valence-electron chi connectivity index (χ4n) is 7.20. The van der Waals surface area contributed by atoms with E-state index in [2.05, 4.69) is 48.9 Å². The topological polar surface area (TPSA) is 102 Å². The number of pyridine rings is 2. The van der Waals surface area contributed by atoms with Crippen molar-refractivity contribution in [1.82, 2.24) is 29.1 Å². The van der Waals surface area contributed by atoms with Gasteiger partial charge in [0.2, 0.25) is 11.8 Å². The van der Waals surface area contributed by atoms with E-state index in [0.717, 1.165) is 68.0 Å². The number of benzene rings is 2. The van der Waals surface area contributed by atoms with Gasteiger partial charge in [0.1, 0.15) is 0 Å². The Balaban J connectivity index is 0.000000149. The van der Waals surface area contributed by atoms with Crippen LogP contribution in [0.25, 0.3) is 11.4 Å². The number of aromatic nitrogens is 6. The third kappa shape index (κ3) is 5.59. The molecule has 262 valence electrons. The molecule has 0 bridgehead atoms.